The SMILES string of the molecule is CC(N)(C/C=C/C(=O)N1CCc2c(sc3ncnc(Nc4ccc(F)c(Cl)c4)c23)C1)C1CCCCC1. The van der Waals surface area contributed by atoms with Crippen molar-refractivity contribution in [1.29, 1.82) is 0 Å². The van der Waals surface area contributed by atoms with E-state index in [1.807, 2.05) is 11.0 Å². The van der Waals surface area contributed by atoms with E-state index >= 15 is 0 Å². The Hall–Kier alpha value is -2.55. The van der Waals surface area contributed by atoms with E-state index in [1.165, 1.54) is 50.6 Å². The number of carbonyl (C=O) groups is 1. The molecule has 36 heavy (non-hydrogen) atoms. The van der Waals surface area contributed by atoms with Gasteiger partial charge in [0.05, 0.1) is 17.0 Å². The molecule has 3 aromatic rings. The number of carbonyl (C=O) groups excluding carboxylic acids is 1. The fraction of sp³-hybridized carbons (Fsp3) is 0.444. The lowest BCUT2D eigenvalue weighted by Gasteiger charge is -2.36. The van der Waals surface area contributed by atoms with E-state index in [9.17, 15) is 9.18 Å². The second-order valence-electron chi connectivity index (χ2n) is 10.1. The summed E-state index contributed by atoms with van der Waals surface area (Å²) in [7, 11) is 0. The topological polar surface area (TPSA) is 84.1 Å². The molecule has 1 aliphatic carbocycles. The Morgan fingerprint density at radius 1 is 1.33 bits per heavy atom. The normalized spacial score (nSPS) is 18.4. The summed E-state index contributed by atoms with van der Waals surface area (Å²) in [6, 6.07) is 4.49. The zero-order valence-electron chi connectivity index (χ0n) is 20.4. The molecule has 1 atom stereocenters. The van der Waals surface area contributed by atoms with Gasteiger partial charge in [0.2, 0.25) is 5.91 Å². The number of nitrogens with one attached hydrogen (secondary N) is 1. The third-order valence-corrected chi connectivity index (χ3v) is 8.90. The fourth-order valence-electron chi connectivity index (χ4n) is 5.37. The van der Waals surface area contributed by atoms with Crippen LogP contribution in [0.1, 0.15) is 55.9 Å². The molecular weight excluding hydrogens is 497 g/mol. The van der Waals surface area contributed by atoms with Crippen LogP contribution in [0, 0.1) is 11.7 Å². The smallest absolute Gasteiger partial charge is 0.246 e. The third kappa shape index (κ3) is 5.26. The van der Waals surface area contributed by atoms with Crippen LogP contribution in [0.3, 0.4) is 0 Å². The van der Waals surface area contributed by atoms with Crippen LogP contribution in [0.15, 0.2) is 36.7 Å². The Labute approximate surface area is 219 Å². The highest BCUT2D eigenvalue weighted by atomic mass is 35.5. The summed E-state index contributed by atoms with van der Waals surface area (Å²) in [6.07, 6.45) is 12.8. The molecule has 1 amide bonds. The van der Waals surface area contributed by atoms with Gasteiger partial charge in [0.25, 0.3) is 0 Å². The van der Waals surface area contributed by atoms with Crippen molar-refractivity contribution in [3.05, 3.63) is 58.0 Å². The molecule has 1 unspecified atom stereocenters. The highest BCUT2D eigenvalue weighted by Gasteiger charge is 2.30. The van der Waals surface area contributed by atoms with Crippen LogP contribution >= 0.6 is 22.9 Å². The van der Waals surface area contributed by atoms with Gasteiger partial charge >= 0.3 is 0 Å². The summed E-state index contributed by atoms with van der Waals surface area (Å²) in [5.41, 5.74) is 8.17. The van der Waals surface area contributed by atoms with E-state index in [-0.39, 0.29) is 16.5 Å². The van der Waals surface area contributed by atoms with Gasteiger partial charge in [-0.3, -0.25) is 4.79 Å². The number of hydrogen-bond acceptors (Lipinski definition) is 6. The summed E-state index contributed by atoms with van der Waals surface area (Å²) in [4.78, 5) is 25.7. The fourth-order valence-corrected chi connectivity index (χ4v) is 6.75. The van der Waals surface area contributed by atoms with Gasteiger partial charge in [-0.1, -0.05) is 36.9 Å². The molecule has 3 heterocycles. The summed E-state index contributed by atoms with van der Waals surface area (Å²) in [5.74, 6) is 0.733. The Kier molecular flexibility index (Phi) is 7.28. The first kappa shape index (κ1) is 25.1. The molecule has 0 spiro atoms. The van der Waals surface area contributed by atoms with Gasteiger partial charge in [-0.15, -0.1) is 11.3 Å². The van der Waals surface area contributed by atoms with Crippen LogP contribution in [0.4, 0.5) is 15.9 Å². The molecule has 1 fully saturated rings. The average molecular weight is 528 g/mol. The number of fused-ring (bicyclic) bond motifs is 3. The van der Waals surface area contributed by atoms with Crippen LogP contribution < -0.4 is 11.1 Å². The predicted molar refractivity (Wildman–Crippen MR) is 144 cm³/mol. The minimum atomic E-state index is -0.466. The van der Waals surface area contributed by atoms with Crippen molar-refractivity contribution in [1.82, 2.24) is 14.9 Å². The lowest BCUT2D eigenvalue weighted by molar-refractivity contribution is -0.126. The van der Waals surface area contributed by atoms with Crippen LogP contribution in [0.25, 0.3) is 10.2 Å². The van der Waals surface area contributed by atoms with Gasteiger partial charge in [0, 0.05) is 22.6 Å². The zero-order valence-corrected chi connectivity index (χ0v) is 22.0. The van der Waals surface area contributed by atoms with Crippen LogP contribution in [-0.2, 0) is 17.8 Å². The average Bonchev–Trinajstić information content (AvgIpc) is 3.25. The number of rotatable bonds is 6. The summed E-state index contributed by atoms with van der Waals surface area (Å²) in [6.45, 7) is 3.29. The van der Waals surface area contributed by atoms with E-state index in [0.717, 1.165) is 27.1 Å². The lowest BCUT2D eigenvalue weighted by atomic mass is 9.74. The maximum atomic E-state index is 13.6. The first-order chi connectivity index (χ1) is 17.3. The van der Waals surface area contributed by atoms with Gasteiger partial charge in [0.1, 0.15) is 22.8 Å². The van der Waals surface area contributed by atoms with Crippen LogP contribution in [-0.4, -0.2) is 32.9 Å². The number of amides is 1. The van der Waals surface area contributed by atoms with Crippen molar-refractivity contribution in [3.63, 3.8) is 0 Å². The summed E-state index contributed by atoms with van der Waals surface area (Å²) in [5, 5.41) is 4.26. The second-order valence-corrected chi connectivity index (χ2v) is 11.6. The molecule has 2 aliphatic rings. The monoisotopic (exact) mass is 527 g/mol. The molecule has 1 aromatic carbocycles. The van der Waals surface area contributed by atoms with Gasteiger partial charge in [-0.05, 0) is 68.4 Å². The van der Waals surface area contributed by atoms with Crippen LogP contribution in [0.5, 0.6) is 0 Å². The molecule has 1 saturated carbocycles. The summed E-state index contributed by atoms with van der Waals surface area (Å²) < 4.78 is 13.6. The van der Waals surface area contributed by atoms with E-state index in [1.54, 1.807) is 23.5 Å². The van der Waals surface area contributed by atoms with Crippen molar-refractivity contribution >= 4 is 50.6 Å². The first-order valence-electron chi connectivity index (χ1n) is 12.5. The van der Waals surface area contributed by atoms with E-state index in [0.29, 0.717) is 36.9 Å². The van der Waals surface area contributed by atoms with Crippen molar-refractivity contribution < 1.29 is 9.18 Å². The maximum Gasteiger partial charge on any atom is 0.246 e. The minimum absolute atomic E-state index is 0.0166. The molecule has 2 aromatic heterocycles. The first-order valence-corrected chi connectivity index (χ1v) is 13.7. The standard InChI is InChI=1S/C27H31ClFN5OS/c1-27(30,17-6-3-2-4-7-17)12-5-8-23(35)34-13-11-19-22(15-34)36-26-24(19)25(31-16-32-26)33-18-9-10-21(29)20(28)14-18/h5,8-10,14,16-17H,2-4,6-7,11-13,15,30H2,1H3,(H,31,32,33)/b8-5+. The maximum absolute atomic E-state index is 13.6. The van der Waals surface area contributed by atoms with Crippen molar-refractivity contribution in [2.75, 3.05) is 11.9 Å². The quantitative estimate of drug-likeness (QED) is 0.364. The van der Waals surface area contributed by atoms with Gasteiger partial charge in [0.15, 0.2) is 0 Å². The lowest BCUT2D eigenvalue weighted by Crippen LogP contribution is -2.44. The number of nitrogens with zero attached hydrogens (tertiary/aromatic N) is 3. The zero-order chi connectivity index (χ0) is 25.3. The van der Waals surface area contributed by atoms with Gasteiger partial charge in [-0.25, -0.2) is 14.4 Å². The molecule has 0 bridgehead atoms. The molecule has 1 aliphatic heterocycles. The molecule has 6 nitrogen and oxygen atoms in total. The Morgan fingerprint density at radius 3 is 2.92 bits per heavy atom. The van der Waals surface area contributed by atoms with Crippen molar-refractivity contribution in [3.8, 4) is 0 Å². The number of halogens is 2. The molecule has 0 saturated heterocycles. The summed E-state index contributed by atoms with van der Waals surface area (Å²) >= 11 is 7.53. The van der Waals surface area contributed by atoms with Gasteiger partial charge < -0.3 is 16.0 Å². The van der Waals surface area contributed by atoms with Crippen LogP contribution in [0.2, 0.25) is 5.02 Å². The Balaban J connectivity index is 1.28. The molecule has 0 radical (unpaired) electrons. The molecule has 5 rings (SSSR count). The minimum Gasteiger partial charge on any atom is -0.340 e. The highest BCUT2D eigenvalue weighted by Crippen LogP contribution is 2.38. The number of benzene rings is 1. The van der Waals surface area contributed by atoms with E-state index < -0.39 is 5.82 Å². The van der Waals surface area contributed by atoms with Crippen molar-refractivity contribution in [2.24, 2.45) is 11.7 Å². The van der Waals surface area contributed by atoms with E-state index in [2.05, 4.69) is 22.2 Å². The van der Waals surface area contributed by atoms with Gasteiger partial charge in [-0.2, -0.15) is 0 Å². The largest absolute Gasteiger partial charge is 0.340 e. The number of anilines is 2. The number of nitrogens with two attached hydrogens (primary N) is 1. The molecule has 3 N–H and O–H groups in total. The highest BCUT2D eigenvalue weighted by molar-refractivity contribution is 7.19. The van der Waals surface area contributed by atoms with E-state index in [4.69, 9.17) is 17.3 Å². The number of thiophene rings is 1. The third-order valence-electron chi connectivity index (χ3n) is 7.49. The number of aromatic nitrogens is 2. The Bertz CT molecular complexity index is 1300. The molecule has 190 valence electrons. The second kappa shape index (κ2) is 10.4. The Morgan fingerprint density at radius 2 is 2.14 bits per heavy atom. The van der Waals surface area contributed by atoms with Crippen molar-refractivity contribution in [2.45, 2.75) is 64.0 Å². The number of hydrogen-bond donors (Lipinski definition) is 2. The predicted octanol–water partition coefficient (Wildman–Crippen LogP) is 6.36. The molecular formula is C27H31ClFN5OS. The molecule has 9 heteroatoms.